The molecule has 0 spiro atoms. The number of likely N-dealkylation sites (tertiary alicyclic amines) is 1. The van der Waals surface area contributed by atoms with Crippen LogP contribution in [0.25, 0.3) is 10.9 Å². The van der Waals surface area contributed by atoms with Crippen LogP contribution in [0.3, 0.4) is 0 Å². The summed E-state index contributed by atoms with van der Waals surface area (Å²) in [7, 11) is 1.19. The number of hydrogen-bond acceptors (Lipinski definition) is 5. The third-order valence-electron chi connectivity index (χ3n) is 6.35. The number of rotatable bonds is 9. The first-order valence-corrected chi connectivity index (χ1v) is 12.4. The molecular weight excluding hydrogens is 493 g/mol. The van der Waals surface area contributed by atoms with Gasteiger partial charge in [-0.2, -0.15) is 0 Å². The van der Waals surface area contributed by atoms with Crippen LogP contribution in [0.5, 0.6) is 0 Å². The molecule has 1 atom stereocenters. The van der Waals surface area contributed by atoms with Crippen LogP contribution in [0.2, 0.25) is 0 Å². The minimum Gasteiger partial charge on any atom is -0.453 e. The third-order valence-corrected chi connectivity index (χ3v) is 6.35. The van der Waals surface area contributed by atoms with Gasteiger partial charge in [-0.1, -0.05) is 6.08 Å². The fourth-order valence-electron chi connectivity index (χ4n) is 4.37. The molecule has 3 N–H and O–H groups in total. The summed E-state index contributed by atoms with van der Waals surface area (Å²) in [4.78, 5) is 55.0. The summed E-state index contributed by atoms with van der Waals surface area (Å²) in [6.07, 6.45) is 6.47. The van der Waals surface area contributed by atoms with Gasteiger partial charge in [-0.15, -0.1) is 0 Å². The van der Waals surface area contributed by atoms with E-state index in [0.717, 1.165) is 31.4 Å². The second-order valence-corrected chi connectivity index (χ2v) is 9.07. The Labute approximate surface area is 218 Å². The molecule has 1 aromatic carbocycles. The van der Waals surface area contributed by atoms with Crippen molar-refractivity contribution in [3.05, 3.63) is 76.6 Å². The van der Waals surface area contributed by atoms with Gasteiger partial charge in [0.2, 0.25) is 11.8 Å². The van der Waals surface area contributed by atoms with Gasteiger partial charge in [0.1, 0.15) is 17.5 Å². The third kappa shape index (κ3) is 6.67. The molecule has 0 unspecified atom stereocenters. The van der Waals surface area contributed by atoms with E-state index < -0.39 is 23.6 Å². The van der Waals surface area contributed by atoms with Crippen LogP contribution in [0.1, 0.15) is 31.4 Å². The first-order valence-electron chi connectivity index (χ1n) is 12.4. The number of aromatic nitrogens is 2. The zero-order valence-electron chi connectivity index (χ0n) is 21.0. The van der Waals surface area contributed by atoms with Crippen molar-refractivity contribution in [1.29, 1.82) is 0 Å². The SMILES string of the molecule is COC(=O)N[C@@H](CC/C=C/C(=O)N1CCCC1)C(=O)Nc1cccn(Cc2cc3cc(F)ccc3[nH]2)c1=O. The van der Waals surface area contributed by atoms with E-state index >= 15 is 0 Å². The Kier molecular flexibility index (Phi) is 8.57. The standard InChI is InChI=1S/C27H30FN5O5/c1-38-27(37)31-22(7-2-3-9-24(34)32-12-4-5-13-32)25(35)30-23-8-6-14-33(26(23)36)17-20-16-18-15-19(28)10-11-21(18)29-20/h3,6,8-11,14-16,22,29H,2,4-5,7,12-13,17H2,1H3,(H,30,35)(H,31,37)/b9-3+/t22-/m0/s1. The molecule has 1 aliphatic rings. The first-order chi connectivity index (χ1) is 18.3. The molecule has 200 valence electrons. The van der Waals surface area contributed by atoms with E-state index in [1.807, 2.05) is 0 Å². The summed E-state index contributed by atoms with van der Waals surface area (Å²) < 4.78 is 19.6. The summed E-state index contributed by atoms with van der Waals surface area (Å²) in [5, 5.41) is 5.75. The van der Waals surface area contributed by atoms with Crippen molar-refractivity contribution < 1.29 is 23.5 Å². The second-order valence-electron chi connectivity index (χ2n) is 9.07. The van der Waals surface area contributed by atoms with E-state index in [-0.39, 0.29) is 30.4 Å². The van der Waals surface area contributed by atoms with Gasteiger partial charge in [0.15, 0.2) is 0 Å². The minimum absolute atomic E-state index is 0.0380. The molecule has 3 heterocycles. The van der Waals surface area contributed by atoms with Crippen molar-refractivity contribution in [3.63, 3.8) is 0 Å². The van der Waals surface area contributed by atoms with Crippen LogP contribution in [0, 0.1) is 5.82 Å². The smallest absolute Gasteiger partial charge is 0.407 e. The van der Waals surface area contributed by atoms with Gasteiger partial charge in [0.05, 0.1) is 13.7 Å². The molecule has 3 aromatic rings. The molecule has 1 aliphatic heterocycles. The maximum atomic E-state index is 13.5. The second kappa shape index (κ2) is 12.2. The lowest BCUT2D eigenvalue weighted by atomic mass is 10.1. The number of H-pyrrole nitrogens is 1. The number of pyridine rings is 1. The Morgan fingerprint density at radius 1 is 1.18 bits per heavy atom. The fourth-order valence-corrected chi connectivity index (χ4v) is 4.37. The number of nitrogens with zero attached hydrogens (tertiary/aromatic N) is 2. The van der Waals surface area contributed by atoms with Crippen molar-refractivity contribution >= 4 is 34.5 Å². The molecule has 2 aromatic heterocycles. The van der Waals surface area contributed by atoms with E-state index in [1.165, 1.54) is 36.0 Å². The Balaban J connectivity index is 1.42. The van der Waals surface area contributed by atoms with Crippen molar-refractivity contribution in [2.75, 3.05) is 25.5 Å². The molecule has 4 rings (SSSR count). The van der Waals surface area contributed by atoms with E-state index in [9.17, 15) is 23.6 Å². The van der Waals surface area contributed by atoms with Crippen molar-refractivity contribution in [2.45, 2.75) is 38.3 Å². The van der Waals surface area contributed by atoms with Gasteiger partial charge in [0, 0.05) is 35.9 Å². The lowest BCUT2D eigenvalue weighted by Crippen LogP contribution is -2.44. The average Bonchev–Trinajstić information content (AvgIpc) is 3.57. The summed E-state index contributed by atoms with van der Waals surface area (Å²) >= 11 is 0. The number of benzene rings is 1. The largest absolute Gasteiger partial charge is 0.453 e. The molecule has 10 nitrogen and oxygen atoms in total. The molecule has 3 amide bonds. The predicted octanol–water partition coefficient (Wildman–Crippen LogP) is 3.14. The molecule has 1 fully saturated rings. The molecule has 0 bridgehead atoms. The van der Waals surface area contributed by atoms with E-state index in [0.29, 0.717) is 17.5 Å². The Bertz CT molecular complexity index is 1410. The number of carbonyl (C=O) groups excluding carboxylic acids is 3. The van der Waals surface area contributed by atoms with Gasteiger partial charge in [0.25, 0.3) is 5.56 Å². The highest BCUT2D eigenvalue weighted by Gasteiger charge is 2.22. The van der Waals surface area contributed by atoms with Crippen molar-refractivity contribution in [1.82, 2.24) is 19.8 Å². The maximum Gasteiger partial charge on any atom is 0.407 e. The lowest BCUT2D eigenvalue weighted by Gasteiger charge is -2.17. The Morgan fingerprint density at radius 3 is 2.74 bits per heavy atom. The number of allylic oxidation sites excluding steroid dienone is 1. The summed E-state index contributed by atoms with van der Waals surface area (Å²) in [6.45, 7) is 1.66. The molecular formula is C27H30FN5O5. The van der Waals surface area contributed by atoms with Gasteiger partial charge < -0.3 is 29.8 Å². The zero-order valence-corrected chi connectivity index (χ0v) is 21.0. The molecule has 0 saturated carbocycles. The number of carbonyl (C=O) groups is 3. The van der Waals surface area contributed by atoms with Crippen LogP contribution >= 0.6 is 0 Å². The Morgan fingerprint density at radius 2 is 1.97 bits per heavy atom. The highest BCUT2D eigenvalue weighted by Crippen LogP contribution is 2.17. The number of hydrogen-bond donors (Lipinski definition) is 3. The monoisotopic (exact) mass is 523 g/mol. The van der Waals surface area contributed by atoms with Crippen molar-refractivity contribution in [2.24, 2.45) is 0 Å². The summed E-state index contributed by atoms with van der Waals surface area (Å²) in [6, 6.07) is 8.24. The molecule has 0 radical (unpaired) electrons. The number of anilines is 1. The van der Waals surface area contributed by atoms with Crippen LogP contribution < -0.4 is 16.2 Å². The number of alkyl carbamates (subject to hydrolysis) is 1. The first kappa shape index (κ1) is 26.6. The van der Waals surface area contributed by atoms with Gasteiger partial charge in [-0.3, -0.25) is 14.4 Å². The number of nitrogens with one attached hydrogen (secondary N) is 3. The molecule has 0 aliphatic carbocycles. The van der Waals surface area contributed by atoms with E-state index in [4.69, 9.17) is 0 Å². The number of aromatic amines is 1. The van der Waals surface area contributed by atoms with Crippen LogP contribution in [-0.2, 0) is 20.9 Å². The van der Waals surface area contributed by atoms with E-state index in [2.05, 4.69) is 20.4 Å². The number of ether oxygens (including phenoxy) is 1. The molecule has 38 heavy (non-hydrogen) atoms. The molecule has 1 saturated heterocycles. The van der Waals surface area contributed by atoms with Gasteiger partial charge >= 0.3 is 6.09 Å². The van der Waals surface area contributed by atoms with Crippen LogP contribution in [-0.4, -0.2) is 58.6 Å². The number of fused-ring (bicyclic) bond motifs is 1. The van der Waals surface area contributed by atoms with Crippen molar-refractivity contribution in [3.8, 4) is 0 Å². The minimum atomic E-state index is -0.995. The topological polar surface area (TPSA) is 126 Å². The molecule has 11 heteroatoms. The highest BCUT2D eigenvalue weighted by atomic mass is 19.1. The predicted molar refractivity (Wildman–Crippen MR) is 140 cm³/mol. The summed E-state index contributed by atoms with van der Waals surface area (Å²) in [5.74, 6) is -1.02. The fraction of sp³-hybridized carbons (Fsp3) is 0.333. The quantitative estimate of drug-likeness (QED) is 0.372. The number of halogens is 1. The van der Waals surface area contributed by atoms with Gasteiger partial charge in [-0.05, 0) is 68.2 Å². The van der Waals surface area contributed by atoms with Crippen LogP contribution in [0.15, 0.2) is 59.5 Å². The maximum absolute atomic E-state index is 13.5. The zero-order chi connectivity index (χ0) is 27.1. The van der Waals surface area contributed by atoms with Crippen LogP contribution in [0.4, 0.5) is 14.9 Å². The number of amides is 3. The highest BCUT2D eigenvalue weighted by molar-refractivity contribution is 5.96. The normalized spacial score (nSPS) is 14.1. The number of methoxy groups -OCH3 is 1. The lowest BCUT2D eigenvalue weighted by molar-refractivity contribution is -0.125. The van der Waals surface area contributed by atoms with E-state index in [1.54, 1.807) is 35.4 Å². The average molecular weight is 524 g/mol. The summed E-state index contributed by atoms with van der Waals surface area (Å²) in [5.41, 5.74) is 1.03. The Hall–Kier alpha value is -4.41. The van der Waals surface area contributed by atoms with Gasteiger partial charge in [-0.25, -0.2) is 9.18 Å².